The van der Waals surface area contributed by atoms with Gasteiger partial charge in [0.2, 0.25) is 0 Å². The van der Waals surface area contributed by atoms with Crippen LogP contribution >= 0.6 is 0 Å². The maximum Gasteiger partial charge on any atom is 0.412 e. The highest BCUT2D eigenvalue weighted by Gasteiger charge is 2.37. The van der Waals surface area contributed by atoms with Crippen LogP contribution in [0.1, 0.15) is 17.0 Å². The van der Waals surface area contributed by atoms with Crippen molar-refractivity contribution in [2.45, 2.75) is 12.1 Å². The molecule has 2 aromatic rings. The summed E-state index contributed by atoms with van der Waals surface area (Å²) in [7, 11) is 1.28. The van der Waals surface area contributed by atoms with Gasteiger partial charge in [-0.15, -0.1) is 0 Å². The summed E-state index contributed by atoms with van der Waals surface area (Å²) in [5.41, 5.74) is 4.62. The van der Waals surface area contributed by atoms with Gasteiger partial charge in [0.05, 0.1) is 13.7 Å². The van der Waals surface area contributed by atoms with E-state index in [2.05, 4.69) is 29.0 Å². The van der Waals surface area contributed by atoms with E-state index in [1.165, 1.54) is 23.1 Å². The van der Waals surface area contributed by atoms with Gasteiger partial charge in [-0.2, -0.15) is 0 Å². The minimum Gasteiger partial charge on any atom is -0.468 e. The Morgan fingerprint density at radius 2 is 1.65 bits per heavy atom. The summed E-state index contributed by atoms with van der Waals surface area (Å²) in [6.45, 7) is 0.427. The van der Waals surface area contributed by atoms with Crippen molar-refractivity contribution in [2.75, 3.05) is 26.9 Å². The molecule has 6 nitrogen and oxygen atoms in total. The van der Waals surface area contributed by atoms with E-state index in [0.29, 0.717) is 6.61 Å². The molecule has 6 heteroatoms. The Morgan fingerprint density at radius 3 is 2.19 bits per heavy atom. The van der Waals surface area contributed by atoms with Gasteiger partial charge >= 0.3 is 12.1 Å². The Hall–Kier alpha value is -2.86. The lowest BCUT2D eigenvalue weighted by Crippen LogP contribution is -2.39. The monoisotopic (exact) mass is 353 g/mol. The molecule has 2 aliphatic rings. The van der Waals surface area contributed by atoms with Gasteiger partial charge < -0.3 is 14.2 Å². The quantitative estimate of drug-likeness (QED) is 0.611. The number of amides is 1. The van der Waals surface area contributed by atoms with Crippen LogP contribution in [0.4, 0.5) is 4.79 Å². The number of nitrogens with zero attached hydrogens (tertiary/aromatic N) is 1. The molecule has 1 atom stereocenters. The first-order valence-corrected chi connectivity index (χ1v) is 8.49. The third-order valence-electron chi connectivity index (χ3n) is 4.76. The topological polar surface area (TPSA) is 68.4 Å². The largest absolute Gasteiger partial charge is 0.468 e. The predicted molar refractivity (Wildman–Crippen MR) is 93.5 cm³/mol. The van der Waals surface area contributed by atoms with E-state index in [4.69, 9.17) is 9.47 Å². The normalized spacial score (nSPS) is 17.2. The molecule has 1 aliphatic carbocycles. The second-order valence-corrected chi connectivity index (χ2v) is 6.30. The molecule has 1 fully saturated rings. The van der Waals surface area contributed by atoms with Crippen LogP contribution in [0.2, 0.25) is 0 Å². The first-order chi connectivity index (χ1) is 12.7. The molecule has 1 amide bonds. The fourth-order valence-corrected chi connectivity index (χ4v) is 3.39. The smallest absolute Gasteiger partial charge is 0.412 e. The molecule has 26 heavy (non-hydrogen) atoms. The van der Waals surface area contributed by atoms with Gasteiger partial charge in [0.25, 0.3) is 0 Å². The van der Waals surface area contributed by atoms with E-state index in [1.54, 1.807) is 0 Å². The Morgan fingerprint density at radius 1 is 1.08 bits per heavy atom. The lowest BCUT2D eigenvalue weighted by molar-refractivity contribution is -0.142. The number of fused-ring (bicyclic) bond motifs is 3. The number of rotatable bonds is 5. The van der Waals surface area contributed by atoms with Crippen molar-refractivity contribution in [3.8, 4) is 11.1 Å². The molecule has 4 rings (SSSR count). The Bertz CT molecular complexity index is 800. The number of benzene rings is 2. The van der Waals surface area contributed by atoms with E-state index < -0.39 is 18.3 Å². The summed E-state index contributed by atoms with van der Waals surface area (Å²) in [5.74, 6) is -0.527. The number of esters is 1. The molecular formula is C20H19NO5. The molecule has 0 saturated carbocycles. The molecule has 0 bridgehead atoms. The number of methoxy groups -OCH3 is 1. The van der Waals surface area contributed by atoms with Gasteiger partial charge in [0.15, 0.2) is 6.23 Å². The van der Waals surface area contributed by atoms with Crippen molar-refractivity contribution in [2.24, 2.45) is 0 Å². The number of carbonyl (C=O) groups excluding carboxylic acids is 2. The average molecular weight is 353 g/mol. The minimum atomic E-state index is -0.570. The number of epoxide rings is 1. The maximum absolute atomic E-state index is 12.5. The molecule has 0 radical (unpaired) electrons. The van der Waals surface area contributed by atoms with Gasteiger partial charge in [-0.3, -0.25) is 9.69 Å². The molecule has 0 aromatic heterocycles. The summed E-state index contributed by atoms with van der Waals surface area (Å²) < 4.78 is 15.3. The van der Waals surface area contributed by atoms with Gasteiger partial charge in [0.1, 0.15) is 13.2 Å². The Kier molecular flexibility index (Phi) is 4.34. The molecule has 1 saturated heterocycles. The number of carbonyl (C=O) groups is 2. The molecule has 1 heterocycles. The highest BCUT2D eigenvalue weighted by atomic mass is 16.6. The van der Waals surface area contributed by atoms with Crippen LogP contribution < -0.4 is 0 Å². The third-order valence-corrected chi connectivity index (χ3v) is 4.76. The number of hydrogen-bond acceptors (Lipinski definition) is 5. The van der Waals surface area contributed by atoms with E-state index in [-0.39, 0.29) is 19.1 Å². The molecular weight excluding hydrogens is 334 g/mol. The Balaban J connectivity index is 1.50. The fourth-order valence-electron chi connectivity index (χ4n) is 3.39. The van der Waals surface area contributed by atoms with Gasteiger partial charge in [-0.25, -0.2) is 4.79 Å². The summed E-state index contributed by atoms with van der Waals surface area (Å²) in [6, 6.07) is 16.3. The number of ether oxygens (including phenoxy) is 3. The molecule has 1 unspecified atom stereocenters. The first-order valence-electron chi connectivity index (χ1n) is 8.49. The van der Waals surface area contributed by atoms with Gasteiger partial charge in [-0.1, -0.05) is 48.5 Å². The van der Waals surface area contributed by atoms with Gasteiger partial charge in [0, 0.05) is 5.92 Å². The third kappa shape index (κ3) is 3.04. The molecule has 0 N–H and O–H groups in total. The van der Waals surface area contributed by atoms with Crippen molar-refractivity contribution >= 4 is 12.1 Å². The molecule has 2 aromatic carbocycles. The van der Waals surface area contributed by atoms with Crippen LogP contribution in [0.15, 0.2) is 48.5 Å². The maximum atomic E-state index is 12.5. The molecule has 0 spiro atoms. The Labute approximate surface area is 151 Å². The van der Waals surface area contributed by atoms with Crippen LogP contribution in [0, 0.1) is 0 Å². The highest BCUT2D eigenvalue weighted by molar-refractivity contribution is 5.80. The first kappa shape index (κ1) is 16.6. The van der Waals surface area contributed by atoms with Crippen LogP contribution in [0.5, 0.6) is 0 Å². The van der Waals surface area contributed by atoms with Crippen molar-refractivity contribution in [1.29, 1.82) is 0 Å². The fraction of sp³-hybridized carbons (Fsp3) is 0.300. The lowest BCUT2D eigenvalue weighted by Gasteiger charge is -2.20. The summed E-state index contributed by atoms with van der Waals surface area (Å²) >= 11 is 0. The second kappa shape index (κ2) is 6.80. The zero-order valence-electron chi connectivity index (χ0n) is 14.4. The van der Waals surface area contributed by atoms with Crippen molar-refractivity contribution in [3.05, 3.63) is 59.7 Å². The van der Waals surface area contributed by atoms with E-state index in [9.17, 15) is 9.59 Å². The summed E-state index contributed by atoms with van der Waals surface area (Å²) in [4.78, 5) is 25.3. The number of hydrogen-bond donors (Lipinski definition) is 0. The van der Waals surface area contributed by atoms with Crippen molar-refractivity contribution in [3.63, 3.8) is 0 Å². The minimum absolute atomic E-state index is 0.0218. The predicted octanol–water partition coefficient (Wildman–Crippen LogP) is 2.77. The van der Waals surface area contributed by atoms with Crippen molar-refractivity contribution < 1.29 is 23.8 Å². The average Bonchev–Trinajstić information content (AvgIpc) is 3.47. The SMILES string of the molecule is COC(=O)CN(C(=O)OCC1c2ccccc2-c2ccccc21)C1CO1. The van der Waals surface area contributed by atoms with Crippen LogP contribution in [-0.2, 0) is 19.0 Å². The summed E-state index contributed by atoms with van der Waals surface area (Å²) in [6.07, 6.45) is -0.982. The second-order valence-electron chi connectivity index (χ2n) is 6.30. The lowest BCUT2D eigenvalue weighted by atomic mass is 9.98. The molecule has 1 aliphatic heterocycles. The van der Waals surface area contributed by atoms with Gasteiger partial charge in [-0.05, 0) is 22.3 Å². The van der Waals surface area contributed by atoms with Crippen LogP contribution in [0.3, 0.4) is 0 Å². The molecule has 134 valence electrons. The summed E-state index contributed by atoms with van der Waals surface area (Å²) in [5, 5.41) is 0. The van der Waals surface area contributed by atoms with Crippen molar-refractivity contribution in [1.82, 2.24) is 4.90 Å². The zero-order valence-corrected chi connectivity index (χ0v) is 14.4. The van der Waals surface area contributed by atoms with E-state index in [0.717, 1.165) is 11.1 Å². The van der Waals surface area contributed by atoms with Crippen LogP contribution in [0.25, 0.3) is 11.1 Å². The zero-order chi connectivity index (χ0) is 18.1. The van der Waals surface area contributed by atoms with Crippen LogP contribution in [-0.4, -0.2) is 50.1 Å². The highest BCUT2D eigenvalue weighted by Crippen LogP contribution is 2.44. The standard InChI is InChI=1S/C20H19NO5/c1-24-19(22)10-21(18-12-25-18)20(23)26-11-17-15-8-4-2-6-13(15)14-7-3-5-9-16(14)17/h2-9,17-18H,10-12H2,1H3. The van der Waals surface area contributed by atoms with E-state index in [1.807, 2.05) is 24.3 Å². The van der Waals surface area contributed by atoms with E-state index >= 15 is 0 Å².